The summed E-state index contributed by atoms with van der Waals surface area (Å²) >= 11 is 5.96. The molecule has 1 heterocycles. The lowest BCUT2D eigenvalue weighted by molar-refractivity contribution is -0.112. The molecule has 1 amide bonds. The minimum absolute atomic E-state index is 0.0505. The number of nitrogens with zero attached hydrogens (tertiary/aromatic N) is 1. The van der Waals surface area contributed by atoms with Gasteiger partial charge in [0.15, 0.2) is 23.0 Å². The predicted molar refractivity (Wildman–Crippen MR) is 128 cm³/mol. The first kappa shape index (κ1) is 23.0. The molecule has 1 aliphatic heterocycles. The second kappa shape index (κ2) is 10.2. The molecule has 1 N–H and O–H groups in total. The molecule has 0 fully saturated rings. The molecule has 0 bridgehead atoms. The number of amides is 1. The minimum atomic E-state index is -0.518. The molecule has 0 saturated heterocycles. The van der Waals surface area contributed by atoms with Gasteiger partial charge >= 0.3 is 0 Å². The third-order valence-corrected chi connectivity index (χ3v) is 5.37. The van der Waals surface area contributed by atoms with Gasteiger partial charge in [0.25, 0.3) is 5.91 Å². The Morgan fingerprint density at radius 1 is 1.12 bits per heavy atom. The summed E-state index contributed by atoms with van der Waals surface area (Å²) in [5, 5.41) is 12.8. The van der Waals surface area contributed by atoms with E-state index in [2.05, 4.69) is 5.32 Å². The zero-order valence-electron chi connectivity index (χ0n) is 18.6. The molecule has 4 rings (SSSR count). The van der Waals surface area contributed by atoms with Crippen molar-refractivity contribution in [1.82, 2.24) is 0 Å². The maximum absolute atomic E-state index is 12.6. The third kappa shape index (κ3) is 5.25. The average Bonchev–Trinajstić information content (AvgIpc) is 3.31. The number of nitriles is 1. The van der Waals surface area contributed by atoms with Crippen molar-refractivity contribution < 1.29 is 23.7 Å². The number of benzene rings is 3. The van der Waals surface area contributed by atoms with Crippen LogP contribution < -0.4 is 24.3 Å². The molecule has 0 saturated carbocycles. The number of aryl methyl sites for hydroxylation is 1. The van der Waals surface area contributed by atoms with Crippen molar-refractivity contribution in [3.8, 4) is 29.1 Å². The zero-order chi connectivity index (χ0) is 24.1. The van der Waals surface area contributed by atoms with Crippen molar-refractivity contribution in [1.29, 1.82) is 5.26 Å². The monoisotopic (exact) mass is 476 g/mol. The van der Waals surface area contributed by atoms with Crippen LogP contribution in [0.2, 0.25) is 5.02 Å². The Morgan fingerprint density at radius 2 is 1.94 bits per heavy atom. The highest BCUT2D eigenvalue weighted by atomic mass is 35.5. The van der Waals surface area contributed by atoms with E-state index >= 15 is 0 Å². The lowest BCUT2D eigenvalue weighted by atomic mass is 10.1. The van der Waals surface area contributed by atoms with Gasteiger partial charge in [-0.05, 0) is 72.2 Å². The summed E-state index contributed by atoms with van der Waals surface area (Å²) in [5.74, 6) is 1.87. The molecule has 8 heteroatoms. The Bertz CT molecular complexity index is 1310. The van der Waals surface area contributed by atoms with Crippen LogP contribution in [0.4, 0.5) is 5.69 Å². The number of rotatable bonds is 7. The minimum Gasteiger partial charge on any atom is -0.493 e. The van der Waals surface area contributed by atoms with Gasteiger partial charge < -0.3 is 24.3 Å². The van der Waals surface area contributed by atoms with Crippen LogP contribution in [-0.4, -0.2) is 19.8 Å². The summed E-state index contributed by atoms with van der Waals surface area (Å²) in [6.45, 7) is 2.34. The lowest BCUT2D eigenvalue weighted by Crippen LogP contribution is -2.14. The van der Waals surface area contributed by atoms with Gasteiger partial charge in [0.2, 0.25) is 6.79 Å². The normalized spacial score (nSPS) is 12.1. The third-order valence-electron chi connectivity index (χ3n) is 5.13. The van der Waals surface area contributed by atoms with Gasteiger partial charge in [-0.3, -0.25) is 4.79 Å². The highest BCUT2D eigenvalue weighted by molar-refractivity contribution is 6.30. The van der Waals surface area contributed by atoms with E-state index in [0.717, 1.165) is 11.1 Å². The summed E-state index contributed by atoms with van der Waals surface area (Å²) in [5.41, 5.74) is 2.86. The van der Waals surface area contributed by atoms with Crippen LogP contribution in [0.3, 0.4) is 0 Å². The van der Waals surface area contributed by atoms with Crippen molar-refractivity contribution in [3.63, 3.8) is 0 Å². The Hall–Kier alpha value is -4.15. The SMILES string of the molecule is COc1cc(/C=C(\C#N)C(=O)Nc2ccc(Cl)cc2C)ccc1OCc1ccc2c(c1)OCO2. The van der Waals surface area contributed by atoms with Gasteiger partial charge in [-0.25, -0.2) is 0 Å². The Balaban J connectivity index is 1.48. The number of anilines is 1. The van der Waals surface area contributed by atoms with E-state index in [1.54, 1.807) is 36.4 Å². The van der Waals surface area contributed by atoms with E-state index in [1.165, 1.54) is 13.2 Å². The van der Waals surface area contributed by atoms with E-state index in [-0.39, 0.29) is 12.4 Å². The zero-order valence-corrected chi connectivity index (χ0v) is 19.3. The smallest absolute Gasteiger partial charge is 0.266 e. The number of nitrogens with one attached hydrogen (secondary N) is 1. The average molecular weight is 477 g/mol. The molecule has 0 unspecified atom stereocenters. The van der Waals surface area contributed by atoms with E-state index in [0.29, 0.717) is 45.9 Å². The van der Waals surface area contributed by atoms with Crippen molar-refractivity contribution in [3.05, 3.63) is 81.9 Å². The number of methoxy groups -OCH3 is 1. The number of hydrogen-bond acceptors (Lipinski definition) is 6. The van der Waals surface area contributed by atoms with E-state index < -0.39 is 5.91 Å². The first-order chi connectivity index (χ1) is 16.5. The van der Waals surface area contributed by atoms with Gasteiger partial charge in [0, 0.05) is 10.7 Å². The van der Waals surface area contributed by atoms with Crippen LogP contribution in [-0.2, 0) is 11.4 Å². The molecule has 0 aromatic heterocycles. The second-order valence-electron chi connectivity index (χ2n) is 7.47. The van der Waals surface area contributed by atoms with Crippen molar-refractivity contribution in [2.75, 3.05) is 19.2 Å². The Labute approximate surface area is 202 Å². The molecule has 0 atom stereocenters. The lowest BCUT2D eigenvalue weighted by Gasteiger charge is -2.12. The standard InChI is InChI=1S/C26H21ClN2O5/c1-16-9-20(27)5-6-21(16)29-26(30)19(13-28)10-17-3-7-22(24(11-17)31-2)32-14-18-4-8-23-25(12-18)34-15-33-23/h3-12H,14-15H2,1-2H3,(H,29,30)/b19-10+. The topological polar surface area (TPSA) is 89.8 Å². The Morgan fingerprint density at radius 3 is 2.71 bits per heavy atom. The van der Waals surface area contributed by atoms with Gasteiger partial charge in [-0.1, -0.05) is 23.7 Å². The molecular formula is C26H21ClN2O5. The molecule has 34 heavy (non-hydrogen) atoms. The van der Waals surface area contributed by atoms with Crippen molar-refractivity contribution in [2.45, 2.75) is 13.5 Å². The largest absolute Gasteiger partial charge is 0.493 e. The molecule has 0 radical (unpaired) electrons. The number of carbonyl (C=O) groups is 1. The van der Waals surface area contributed by atoms with E-state index in [9.17, 15) is 10.1 Å². The maximum Gasteiger partial charge on any atom is 0.266 e. The van der Waals surface area contributed by atoms with Crippen LogP contribution in [0, 0.1) is 18.3 Å². The highest BCUT2D eigenvalue weighted by Crippen LogP contribution is 2.34. The molecule has 7 nitrogen and oxygen atoms in total. The van der Waals surface area contributed by atoms with Crippen LogP contribution in [0.1, 0.15) is 16.7 Å². The van der Waals surface area contributed by atoms with Gasteiger partial charge in [-0.15, -0.1) is 0 Å². The van der Waals surface area contributed by atoms with Crippen LogP contribution >= 0.6 is 11.6 Å². The maximum atomic E-state index is 12.6. The summed E-state index contributed by atoms with van der Waals surface area (Å²) in [4.78, 5) is 12.6. The molecule has 1 aliphatic rings. The number of halogens is 1. The summed E-state index contributed by atoms with van der Waals surface area (Å²) in [6, 6.07) is 17.8. The molecule has 3 aromatic carbocycles. The molecule has 0 aliphatic carbocycles. The molecule has 3 aromatic rings. The quantitative estimate of drug-likeness (QED) is 0.357. The fourth-order valence-electron chi connectivity index (χ4n) is 3.36. The first-order valence-corrected chi connectivity index (χ1v) is 10.7. The summed E-state index contributed by atoms with van der Waals surface area (Å²) < 4.78 is 22.1. The second-order valence-corrected chi connectivity index (χ2v) is 7.91. The van der Waals surface area contributed by atoms with E-state index in [4.69, 9.17) is 30.5 Å². The van der Waals surface area contributed by atoms with Gasteiger partial charge in [-0.2, -0.15) is 5.26 Å². The number of hydrogen-bond donors (Lipinski definition) is 1. The van der Waals surface area contributed by atoms with E-state index in [1.807, 2.05) is 31.2 Å². The highest BCUT2D eigenvalue weighted by Gasteiger charge is 2.15. The molecular weight excluding hydrogens is 456 g/mol. The van der Waals surface area contributed by atoms with Crippen LogP contribution in [0.5, 0.6) is 23.0 Å². The molecule has 0 spiro atoms. The van der Waals surface area contributed by atoms with Gasteiger partial charge in [0.05, 0.1) is 7.11 Å². The van der Waals surface area contributed by atoms with Crippen molar-refractivity contribution >= 4 is 29.3 Å². The predicted octanol–water partition coefficient (Wildman–Crippen LogP) is 5.51. The van der Waals surface area contributed by atoms with Crippen LogP contribution in [0.15, 0.2) is 60.2 Å². The number of fused-ring (bicyclic) bond motifs is 1. The van der Waals surface area contributed by atoms with Crippen molar-refractivity contribution in [2.24, 2.45) is 0 Å². The fraction of sp³-hybridized carbons (Fsp3) is 0.154. The number of ether oxygens (including phenoxy) is 4. The fourth-order valence-corrected chi connectivity index (χ4v) is 3.58. The number of carbonyl (C=O) groups excluding carboxylic acids is 1. The summed E-state index contributed by atoms with van der Waals surface area (Å²) in [7, 11) is 1.53. The molecule has 172 valence electrons. The van der Waals surface area contributed by atoms with Gasteiger partial charge in [0.1, 0.15) is 18.2 Å². The Kier molecular flexibility index (Phi) is 6.90. The van der Waals surface area contributed by atoms with Crippen LogP contribution in [0.25, 0.3) is 6.08 Å². The first-order valence-electron chi connectivity index (χ1n) is 10.4. The summed E-state index contributed by atoms with van der Waals surface area (Å²) in [6.07, 6.45) is 1.49.